The van der Waals surface area contributed by atoms with Gasteiger partial charge in [0.1, 0.15) is 5.41 Å². The molecule has 1 amide bonds. The minimum Gasteiger partial charge on any atom is -0.391 e. The van der Waals surface area contributed by atoms with Crippen molar-refractivity contribution >= 4 is 5.91 Å². The van der Waals surface area contributed by atoms with Crippen LogP contribution in [-0.4, -0.2) is 23.7 Å². The lowest BCUT2D eigenvalue weighted by Gasteiger charge is -2.21. The Bertz CT molecular complexity index is 301. The molecule has 1 saturated carbocycles. The Labute approximate surface area is 103 Å². The molecular formula is C13H22N2O2. The van der Waals surface area contributed by atoms with E-state index in [1.807, 2.05) is 13.8 Å². The first kappa shape index (κ1) is 14.0. The summed E-state index contributed by atoms with van der Waals surface area (Å²) in [6.45, 7) is 4.30. The summed E-state index contributed by atoms with van der Waals surface area (Å²) in [7, 11) is 0. The van der Waals surface area contributed by atoms with E-state index in [0.29, 0.717) is 25.2 Å². The summed E-state index contributed by atoms with van der Waals surface area (Å²) in [6, 6.07) is 2.15. The van der Waals surface area contributed by atoms with Gasteiger partial charge in [-0.05, 0) is 25.2 Å². The second-order valence-electron chi connectivity index (χ2n) is 5.39. The maximum atomic E-state index is 11.9. The third-order valence-electron chi connectivity index (χ3n) is 3.35. The first-order valence-corrected chi connectivity index (χ1v) is 6.38. The van der Waals surface area contributed by atoms with Crippen LogP contribution in [-0.2, 0) is 4.79 Å². The largest absolute Gasteiger partial charge is 0.391 e. The maximum Gasteiger partial charge on any atom is 0.240 e. The standard InChI is InChI=1S/C13H22N2O2/c1-10(2)7-11(16)8-15-12(17)13(9-14)5-3-4-6-13/h10-11,16H,3-8H2,1-2H3,(H,15,17). The summed E-state index contributed by atoms with van der Waals surface area (Å²) >= 11 is 0. The van der Waals surface area contributed by atoms with Crippen molar-refractivity contribution in [3.63, 3.8) is 0 Å². The molecule has 0 aromatic carbocycles. The van der Waals surface area contributed by atoms with Gasteiger partial charge in [0, 0.05) is 6.54 Å². The number of nitrogens with zero attached hydrogens (tertiary/aromatic N) is 1. The first-order valence-electron chi connectivity index (χ1n) is 6.38. The molecule has 0 saturated heterocycles. The van der Waals surface area contributed by atoms with Crippen LogP contribution in [0.3, 0.4) is 0 Å². The fourth-order valence-corrected chi connectivity index (χ4v) is 2.38. The van der Waals surface area contributed by atoms with Gasteiger partial charge in [0.2, 0.25) is 5.91 Å². The van der Waals surface area contributed by atoms with Gasteiger partial charge < -0.3 is 10.4 Å². The number of carbonyl (C=O) groups is 1. The Balaban J connectivity index is 2.41. The van der Waals surface area contributed by atoms with Crippen molar-refractivity contribution < 1.29 is 9.90 Å². The number of carbonyl (C=O) groups excluding carboxylic acids is 1. The van der Waals surface area contributed by atoms with E-state index in [4.69, 9.17) is 5.26 Å². The highest BCUT2D eigenvalue weighted by atomic mass is 16.3. The van der Waals surface area contributed by atoms with E-state index in [-0.39, 0.29) is 12.5 Å². The normalized spacial score (nSPS) is 19.9. The summed E-state index contributed by atoms with van der Waals surface area (Å²) in [4.78, 5) is 11.9. The van der Waals surface area contributed by atoms with Gasteiger partial charge in [0.05, 0.1) is 12.2 Å². The molecule has 0 radical (unpaired) electrons. The van der Waals surface area contributed by atoms with Crippen LogP contribution in [0.5, 0.6) is 0 Å². The monoisotopic (exact) mass is 238 g/mol. The van der Waals surface area contributed by atoms with Gasteiger partial charge >= 0.3 is 0 Å². The van der Waals surface area contributed by atoms with Gasteiger partial charge in [-0.25, -0.2) is 0 Å². The molecule has 0 bridgehead atoms. The molecule has 0 aromatic rings. The van der Waals surface area contributed by atoms with Crippen LogP contribution < -0.4 is 5.32 Å². The molecule has 96 valence electrons. The van der Waals surface area contributed by atoms with Crippen molar-refractivity contribution in [3.05, 3.63) is 0 Å². The quantitative estimate of drug-likeness (QED) is 0.764. The fourth-order valence-electron chi connectivity index (χ4n) is 2.38. The topological polar surface area (TPSA) is 73.1 Å². The minimum atomic E-state index is -0.836. The Kier molecular flexibility index (Phi) is 4.95. The molecule has 2 N–H and O–H groups in total. The van der Waals surface area contributed by atoms with Gasteiger partial charge in [0.25, 0.3) is 0 Å². The molecule has 1 rings (SSSR count). The van der Waals surface area contributed by atoms with E-state index in [1.54, 1.807) is 0 Å². The number of hydrogen-bond acceptors (Lipinski definition) is 3. The first-order chi connectivity index (χ1) is 8.00. The molecule has 1 fully saturated rings. The molecule has 1 unspecified atom stereocenters. The van der Waals surface area contributed by atoms with E-state index in [1.165, 1.54) is 0 Å². The van der Waals surface area contributed by atoms with Crippen molar-refractivity contribution in [1.82, 2.24) is 5.32 Å². The van der Waals surface area contributed by atoms with Crippen LogP contribution in [0.25, 0.3) is 0 Å². The molecule has 17 heavy (non-hydrogen) atoms. The van der Waals surface area contributed by atoms with Gasteiger partial charge in [-0.2, -0.15) is 5.26 Å². The molecule has 1 atom stereocenters. The Morgan fingerprint density at radius 3 is 2.53 bits per heavy atom. The summed E-state index contributed by atoms with van der Waals surface area (Å²) in [5, 5.41) is 21.5. The van der Waals surface area contributed by atoms with E-state index in [9.17, 15) is 9.90 Å². The van der Waals surface area contributed by atoms with Crippen LogP contribution in [0.4, 0.5) is 0 Å². The molecule has 0 aromatic heterocycles. The van der Waals surface area contributed by atoms with Crippen LogP contribution in [0.2, 0.25) is 0 Å². The Hall–Kier alpha value is -1.08. The predicted molar refractivity (Wildman–Crippen MR) is 65.0 cm³/mol. The van der Waals surface area contributed by atoms with Crippen molar-refractivity contribution in [2.75, 3.05) is 6.54 Å². The van der Waals surface area contributed by atoms with Crippen molar-refractivity contribution in [1.29, 1.82) is 5.26 Å². The maximum absolute atomic E-state index is 11.9. The van der Waals surface area contributed by atoms with E-state index in [0.717, 1.165) is 12.8 Å². The Morgan fingerprint density at radius 2 is 2.06 bits per heavy atom. The highest BCUT2D eigenvalue weighted by Crippen LogP contribution is 2.37. The van der Waals surface area contributed by atoms with Crippen molar-refractivity contribution in [3.8, 4) is 6.07 Å². The van der Waals surface area contributed by atoms with Crippen molar-refractivity contribution in [2.24, 2.45) is 11.3 Å². The van der Waals surface area contributed by atoms with Crippen LogP contribution in [0.1, 0.15) is 46.0 Å². The van der Waals surface area contributed by atoms with E-state index >= 15 is 0 Å². The highest BCUT2D eigenvalue weighted by molar-refractivity contribution is 5.85. The molecule has 0 spiro atoms. The zero-order valence-corrected chi connectivity index (χ0v) is 10.7. The van der Waals surface area contributed by atoms with Crippen LogP contribution in [0, 0.1) is 22.7 Å². The van der Waals surface area contributed by atoms with Gasteiger partial charge in [-0.3, -0.25) is 4.79 Å². The van der Waals surface area contributed by atoms with E-state index < -0.39 is 11.5 Å². The number of hydrogen-bond donors (Lipinski definition) is 2. The number of nitrogens with one attached hydrogen (secondary N) is 1. The van der Waals surface area contributed by atoms with Crippen LogP contribution >= 0.6 is 0 Å². The molecule has 1 aliphatic carbocycles. The smallest absolute Gasteiger partial charge is 0.240 e. The molecule has 0 heterocycles. The zero-order chi connectivity index (χ0) is 12.9. The average molecular weight is 238 g/mol. The van der Waals surface area contributed by atoms with Gasteiger partial charge in [-0.1, -0.05) is 26.7 Å². The zero-order valence-electron chi connectivity index (χ0n) is 10.7. The number of rotatable bonds is 5. The van der Waals surface area contributed by atoms with Crippen LogP contribution in [0.15, 0.2) is 0 Å². The van der Waals surface area contributed by atoms with E-state index in [2.05, 4.69) is 11.4 Å². The summed E-state index contributed by atoms with van der Waals surface area (Å²) < 4.78 is 0. The third kappa shape index (κ3) is 3.71. The highest BCUT2D eigenvalue weighted by Gasteiger charge is 2.41. The number of aliphatic hydroxyl groups is 1. The molecular weight excluding hydrogens is 216 g/mol. The second-order valence-corrected chi connectivity index (χ2v) is 5.39. The predicted octanol–water partition coefficient (Wildman–Crippen LogP) is 1.59. The molecule has 4 heteroatoms. The summed E-state index contributed by atoms with van der Waals surface area (Å²) in [5.74, 6) is 0.193. The third-order valence-corrected chi connectivity index (χ3v) is 3.35. The lowest BCUT2D eigenvalue weighted by molar-refractivity contribution is -0.128. The molecule has 0 aliphatic heterocycles. The SMILES string of the molecule is CC(C)CC(O)CNC(=O)C1(C#N)CCCC1. The number of nitriles is 1. The van der Waals surface area contributed by atoms with Gasteiger partial charge in [-0.15, -0.1) is 0 Å². The number of amides is 1. The lowest BCUT2D eigenvalue weighted by atomic mass is 9.87. The average Bonchev–Trinajstić information content (AvgIpc) is 2.74. The minimum absolute atomic E-state index is 0.208. The lowest BCUT2D eigenvalue weighted by Crippen LogP contribution is -2.42. The van der Waals surface area contributed by atoms with Crippen molar-refractivity contribution in [2.45, 2.75) is 52.1 Å². The summed E-state index contributed by atoms with van der Waals surface area (Å²) in [5.41, 5.74) is -0.836. The second kappa shape index (κ2) is 6.02. The Morgan fingerprint density at radius 1 is 1.47 bits per heavy atom. The summed E-state index contributed by atoms with van der Waals surface area (Å²) in [6.07, 6.45) is 3.33. The van der Waals surface area contributed by atoms with Gasteiger partial charge in [0.15, 0.2) is 0 Å². The fraction of sp³-hybridized carbons (Fsp3) is 0.846. The number of aliphatic hydroxyl groups excluding tert-OH is 1. The molecule has 4 nitrogen and oxygen atoms in total. The molecule has 1 aliphatic rings.